The average molecular weight is 313 g/mol. The van der Waals surface area contributed by atoms with Gasteiger partial charge in [-0.3, -0.25) is 0 Å². The topological polar surface area (TPSA) is 0 Å². The van der Waals surface area contributed by atoms with Gasteiger partial charge in [-0.25, -0.2) is 0 Å². The summed E-state index contributed by atoms with van der Waals surface area (Å²) < 4.78 is 0. The monoisotopic (exact) mass is 314 g/mol. The van der Waals surface area contributed by atoms with Crippen LogP contribution < -0.4 is 9.41 Å². The molecule has 0 aliphatic carbocycles. The fraction of sp³-hybridized carbons (Fsp3) is 0. The second kappa shape index (κ2) is 16.7. The van der Waals surface area contributed by atoms with E-state index in [1.807, 2.05) is 0 Å². The molecule has 0 atom stereocenters. The molecule has 0 aromatic heterocycles. The first-order chi connectivity index (χ1) is 0. The van der Waals surface area contributed by atoms with E-state index in [9.17, 15) is 0 Å². The fourth-order valence-corrected chi connectivity index (χ4v) is 0. The van der Waals surface area contributed by atoms with Crippen LogP contribution in [0.2, 0.25) is 0 Å². The maximum atomic E-state index is 0. The molecule has 0 heterocycles. The van der Waals surface area contributed by atoms with Crippen molar-refractivity contribution in [3.63, 3.8) is 0 Å². The Hall–Kier alpha value is 3.00. The number of hydrogen-bond acceptors (Lipinski definition) is 0. The van der Waals surface area contributed by atoms with E-state index >= 15 is 0 Å². The second-order valence-electron chi connectivity index (χ2n) is 0. The molecular formula is Ba2F2+2. The van der Waals surface area contributed by atoms with E-state index in [1.165, 1.54) is 0 Å². The zero-order valence-corrected chi connectivity index (χ0v) is 11.1. The van der Waals surface area contributed by atoms with Gasteiger partial charge in [0, 0.05) is 0 Å². The Balaban J connectivity index is 0. The molecule has 0 radical (unpaired) electrons. The molecule has 0 aliphatic heterocycles. The third-order valence-corrected chi connectivity index (χ3v) is 0. The molecule has 0 aromatic rings. The van der Waals surface area contributed by atoms with E-state index in [4.69, 9.17) is 0 Å². The van der Waals surface area contributed by atoms with Gasteiger partial charge < -0.3 is 9.41 Å². The normalized spacial score (nSPS) is 0. The Morgan fingerprint density at radius 1 is 0.500 bits per heavy atom. The summed E-state index contributed by atoms with van der Waals surface area (Å²) >= 11 is 0. The summed E-state index contributed by atoms with van der Waals surface area (Å²) in [7, 11) is 0. The molecule has 0 aliphatic rings. The van der Waals surface area contributed by atoms with Crippen molar-refractivity contribution in [1.29, 1.82) is 0 Å². The van der Waals surface area contributed by atoms with Crippen molar-refractivity contribution in [2.24, 2.45) is 0 Å². The standard InChI is InChI=1S/2Ba.2FH/h;;2*1H/q2*+2;;/p-2. The van der Waals surface area contributed by atoms with Gasteiger partial charge >= 0.3 is 97.8 Å². The zero-order valence-electron chi connectivity index (χ0n) is 2.17. The van der Waals surface area contributed by atoms with Gasteiger partial charge in [0.1, 0.15) is 0 Å². The summed E-state index contributed by atoms with van der Waals surface area (Å²) in [5.74, 6) is 0. The zero-order chi connectivity index (χ0) is 0. The van der Waals surface area contributed by atoms with Crippen LogP contribution in [0.1, 0.15) is 0 Å². The Morgan fingerprint density at radius 3 is 0.500 bits per heavy atom. The third kappa shape index (κ3) is 8.89. The summed E-state index contributed by atoms with van der Waals surface area (Å²) in [4.78, 5) is 0. The Morgan fingerprint density at radius 2 is 0.500 bits per heavy atom. The summed E-state index contributed by atoms with van der Waals surface area (Å²) in [5, 5.41) is 0. The third-order valence-electron chi connectivity index (χ3n) is 0. The summed E-state index contributed by atoms with van der Waals surface area (Å²) in [5.41, 5.74) is 0. The number of hydrogen-bond donors (Lipinski definition) is 0. The molecule has 0 nitrogen and oxygen atoms in total. The van der Waals surface area contributed by atoms with Crippen LogP contribution in [0, 0.1) is 0 Å². The van der Waals surface area contributed by atoms with E-state index in [0.29, 0.717) is 0 Å². The predicted octanol–water partition coefficient (Wildman–Crippen LogP) is -6.75. The van der Waals surface area contributed by atoms with Crippen LogP contribution in [0.4, 0.5) is 0 Å². The molecule has 0 saturated heterocycles. The minimum absolute atomic E-state index is 0. The van der Waals surface area contributed by atoms with Crippen molar-refractivity contribution in [2.45, 2.75) is 0 Å². The van der Waals surface area contributed by atoms with Crippen LogP contribution in [-0.2, 0) is 0 Å². The molecule has 0 rings (SSSR count). The van der Waals surface area contributed by atoms with Crippen LogP contribution in [0.25, 0.3) is 0 Å². The van der Waals surface area contributed by atoms with Gasteiger partial charge in [0.2, 0.25) is 0 Å². The maximum Gasteiger partial charge on any atom is 2.00 e. The molecule has 0 spiro atoms. The average Bonchev–Trinajstić information content (AvgIpc) is 0. The first kappa shape index (κ1) is 28.0. The van der Waals surface area contributed by atoms with E-state index in [1.54, 1.807) is 0 Å². The molecule has 0 bridgehead atoms. The van der Waals surface area contributed by atoms with Crippen LogP contribution in [-0.4, -0.2) is 97.8 Å². The first-order valence-electron chi connectivity index (χ1n) is 0. The number of rotatable bonds is 0. The van der Waals surface area contributed by atoms with Crippen molar-refractivity contribution in [3.05, 3.63) is 0 Å². The van der Waals surface area contributed by atoms with Crippen LogP contribution in [0.3, 0.4) is 0 Å². The van der Waals surface area contributed by atoms with Gasteiger partial charge in [-0.15, -0.1) is 0 Å². The minimum Gasteiger partial charge on any atom is -1.00 e. The molecular weight excluding hydrogens is 313 g/mol. The fourth-order valence-electron chi connectivity index (χ4n) is 0. The Bertz CT molecular complexity index is 4.00. The summed E-state index contributed by atoms with van der Waals surface area (Å²) in [6.07, 6.45) is 0. The van der Waals surface area contributed by atoms with E-state index < -0.39 is 0 Å². The molecule has 0 N–H and O–H groups in total. The minimum atomic E-state index is 0. The van der Waals surface area contributed by atoms with Gasteiger partial charge in [0.05, 0.1) is 0 Å². The molecule has 0 amide bonds. The van der Waals surface area contributed by atoms with E-state index in [2.05, 4.69) is 0 Å². The quantitative estimate of drug-likeness (QED) is 0.390. The van der Waals surface area contributed by atoms with E-state index in [0.717, 1.165) is 0 Å². The largest absolute Gasteiger partial charge is 2.00 e. The van der Waals surface area contributed by atoms with Crippen molar-refractivity contribution in [1.82, 2.24) is 0 Å². The smallest absolute Gasteiger partial charge is 1.00 e. The number of halogens is 2. The summed E-state index contributed by atoms with van der Waals surface area (Å²) in [6, 6.07) is 0. The molecule has 0 saturated carbocycles. The van der Waals surface area contributed by atoms with Crippen molar-refractivity contribution < 1.29 is 9.41 Å². The molecule has 4 heavy (non-hydrogen) atoms. The molecule has 16 valence electrons. The Labute approximate surface area is 104 Å². The van der Waals surface area contributed by atoms with Gasteiger partial charge in [0.15, 0.2) is 0 Å². The second-order valence-corrected chi connectivity index (χ2v) is 0. The molecule has 4 heteroatoms. The molecule has 0 fully saturated rings. The van der Waals surface area contributed by atoms with Crippen LogP contribution in [0.15, 0.2) is 0 Å². The van der Waals surface area contributed by atoms with E-state index in [-0.39, 0.29) is 107 Å². The Kier molecular flexibility index (Phi) is 117. The predicted molar refractivity (Wildman–Crippen MR) is 11.5 cm³/mol. The van der Waals surface area contributed by atoms with Crippen LogP contribution in [0.5, 0.6) is 0 Å². The van der Waals surface area contributed by atoms with Crippen molar-refractivity contribution >= 4 is 97.8 Å². The van der Waals surface area contributed by atoms with Crippen molar-refractivity contribution in [3.8, 4) is 0 Å². The van der Waals surface area contributed by atoms with Crippen LogP contribution >= 0.6 is 0 Å². The maximum absolute atomic E-state index is 0. The van der Waals surface area contributed by atoms with Gasteiger partial charge in [0.25, 0.3) is 0 Å². The van der Waals surface area contributed by atoms with Gasteiger partial charge in [-0.05, 0) is 0 Å². The van der Waals surface area contributed by atoms with Gasteiger partial charge in [-0.2, -0.15) is 0 Å². The van der Waals surface area contributed by atoms with Gasteiger partial charge in [-0.1, -0.05) is 0 Å². The first-order valence-corrected chi connectivity index (χ1v) is 0. The van der Waals surface area contributed by atoms with Crippen molar-refractivity contribution in [2.75, 3.05) is 0 Å². The molecule has 0 aromatic carbocycles. The molecule has 0 unspecified atom stereocenters. The summed E-state index contributed by atoms with van der Waals surface area (Å²) in [6.45, 7) is 0. The SMILES string of the molecule is [Ba+2].[Ba+2].[F-].[F-].